The molecule has 0 spiro atoms. The molecule has 0 saturated carbocycles. The maximum atomic E-state index is 3.76. The van der Waals surface area contributed by atoms with Gasteiger partial charge in [-0.2, -0.15) is 0 Å². The number of hydrogen-bond acceptors (Lipinski definition) is 1. The number of rotatable bonds is 5. The Balaban J connectivity index is 2.62. The van der Waals surface area contributed by atoms with Crippen LogP contribution in [0, 0.1) is 0 Å². The molecule has 0 heterocycles. The minimum absolute atomic E-state index is 0.372. The van der Waals surface area contributed by atoms with E-state index >= 15 is 0 Å². The summed E-state index contributed by atoms with van der Waals surface area (Å²) in [6, 6.07) is 9.40. The van der Waals surface area contributed by atoms with E-state index in [0.29, 0.717) is 6.04 Å². The third-order valence-corrected chi connectivity index (χ3v) is 4.87. The predicted molar refractivity (Wildman–Crippen MR) is 75.9 cm³/mol. The highest BCUT2D eigenvalue weighted by atomic mass is 28.3. The summed E-state index contributed by atoms with van der Waals surface area (Å²) < 4.78 is 0. The lowest BCUT2D eigenvalue weighted by molar-refractivity contribution is 0.634. The molecule has 0 aliphatic heterocycles. The molecular formula is C14H23NSi. The van der Waals surface area contributed by atoms with Crippen LogP contribution in [0.25, 0.3) is 0 Å². The molecule has 0 aliphatic rings. The van der Waals surface area contributed by atoms with Crippen molar-refractivity contribution in [3.8, 4) is 0 Å². The van der Waals surface area contributed by atoms with Crippen LogP contribution >= 0.6 is 0 Å². The molecule has 0 aliphatic carbocycles. The second kappa shape index (κ2) is 5.46. The number of nitrogens with one attached hydrogen (secondary N) is 1. The maximum absolute atomic E-state index is 3.76. The van der Waals surface area contributed by atoms with Crippen molar-refractivity contribution < 1.29 is 0 Å². The molecule has 1 atom stereocenters. The van der Waals surface area contributed by atoms with Crippen LogP contribution in [0.1, 0.15) is 12.5 Å². The van der Waals surface area contributed by atoms with Gasteiger partial charge < -0.3 is 5.32 Å². The van der Waals surface area contributed by atoms with E-state index < -0.39 is 8.07 Å². The fourth-order valence-electron chi connectivity index (χ4n) is 1.48. The van der Waals surface area contributed by atoms with Crippen molar-refractivity contribution in [1.29, 1.82) is 0 Å². The van der Waals surface area contributed by atoms with E-state index in [1.165, 1.54) is 10.8 Å². The lowest BCUT2D eigenvalue weighted by Crippen LogP contribution is -2.37. The first-order valence-electron chi connectivity index (χ1n) is 5.89. The minimum atomic E-state index is -1.14. The molecular weight excluding hydrogens is 210 g/mol. The fraction of sp³-hybridized carbons (Fsp3) is 0.429. The molecule has 0 fully saturated rings. The molecule has 0 bridgehead atoms. The van der Waals surface area contributed by atoms with E-state index in [2.05, 4.69) is 62.7 Å². The molecule has 1 aromatic carbocycles. The van der Waals surface area contributed by atoms with Gasteiger partial charge in [0.15, 0.2) is 0 Å². The Hall–Kier alpha value is -0.863. The second-order valence-electron chi connectivity index (χ2n) is 5.35. The van der Waals surface area contributed by atoms with E-state index in [-0.39, 0.29) is 0 Å². The van der Waals surface area contributed by atoms with Crippen LogP contribution < -0.4 is 10.5 Å². The van der Waals surface area contributed by atoms with Crippen molar-refractivity contribution in [3.05, 3.63) is 42.5 Å². The van der Waals surface area contributed by atoms with Gasteiger partial charge in [-0.15, -0.1) is 6.58 Å². The summed E-state index contributed by atoms with van der Waals surface area (Å²) in [6.07, 6.45) is 1.93. The SMILES string of the molecule is C=CC(C)NCc1ccc([Si](C)(C)C)cc1. The van der Waals surface area contributed by atoms with Gasteiger partial charge in [0.05, 0.1) is 8.07 Å². The summed E-state index contributed by atoms with van der Waals surface area (Å²) in [5, 5.41) is 4.92. The van der Waals surface area contributed by atoms with Gasteiger partial charge in [-0.1, -0.05) is 55.2 Å². The molecule has 2 heteroatoms. The van der Waals surface area contributed by atoms with Crippen molar-refractivity contribution in [1.82, 2.24) is 5.32 Å². The van der Waals surface area contributed by atoms with Crippen molar-refractivity contribution >= 4 is 13.3 Å². The first-order chi connectivity index (χ1) is 7.43. The fourth-order valence-corrected chi connectivity index (χ4v) is 2.65. The van der Waals surface area contributed by atoms with Gasteiger partial charge in [0.25, 0.3) is 0 Å². The van der Waals surface area contributed by atoms with Gasteiger partial charge in [-0.25, -0.2) is 0 Å². The average Bonchev–Trinajstić information content (AvgIpc) is 2.25. The molecule has 0 saturated heterocycles. The van der Waals surface area contributed by atoms with E-state index in [4.69, 9.17) is 0 Å². The zero-order valence-electron chi connectivity index (χ0n) is 10.9. The third kappa shape index (κ3) is 3.95. The standard InChI is InChI=1S/C14H23NSi/c1-6-12(2)15-11-13-7-9-14(10-8-13)16(3,4)5/h6-10,12,15H,1,11H2,2-5H3. The van der Waals surface area contributed by atoms with Crippen molar-refractivity contribution in [2.24, 2.45) is 0 Å². The maximum Gasteiger partial charge on any atom is 0.0775 e. The Morgan fingerprint density at radius 3 is 2.25 bits per heavy atom. The Kier molecular flexibility index (Phi) is 4.51. The van der Waals surface area contributed by atoms with Gasteiger partial charge in [-0.05, 0) is 12.5 Å². The van der Waals surface area contributed by atoms with E-state index in [9.17, 15) is 0 Å². The normalized spacial score (nSPS) is 13.5. The van der Waals surface area contributed by atoms with Crippen LogP contribution in [0.2, 0.25) is 19.6 Å². The van der Waals surface area contributed by atoms with Gasteiger partial charge in [0.1, 0.15) is 0 Å². The average molecular weight is 233 g/mol. The van der Waals surface area contributed by atoms with Gasteiger partial charge in [-0.3, -0.25) is 0 Å². The number of benzene rings is 1. The summed E-state index contributed by atoms with van der Waals surface area (Å²) in [6.45, 7) is 13.9. The molecule has 0 aromatic heterocycles. The third-order valence-electron chi connectivity index (χ3n) is 2.80. The summed E-state index contributed by atoms with van der Waals surface area (Å²) in [4.78, 5) is 0. The molecule has 0 amide bonds. The van der Waals surface area contributed by atoms with Crippen LogP contribution in [-0.4, -0.2) is 14.1 Å². The Morgan fingerprint density at radius 1 is 1.25 bits per heavy atom. The van der Waals surface area contributed by atoms with Crippen LogP contribution in [0.5, 0.6) is 0 Å². The molecule has 16 heavy (non-hydrogen) atoms. The first-order valence-corrected chi connectivity index (χ1v) is 9.39. The topological polar surface area (TPSA) is 12.0 Å². The highest BCUT2D eigenvalue weighted by Crippen LogP contribution is 2.04. The first kappa shape index (κ1) is 13.2. The van der Waals surface area contributed by atoms with E-state index in [1.807, 2.05) is 6.08 Å². The summed E-state index contributed by atoms with van der Waals surface area (Å²) in [5.41, 5.74) is 1.34. The Morgan fingerprint density at radius 2 is 1.81 bits per heavy atom. The Bertz CT molecular complexity index is 335. The van der Waals surface area contributed by atoms with Crippen LogP contribution in [0.3, 0.4) is 0 Å². The monoisotopic (exact) mass is 233 g/mol. The zero-order chi connectivity index (χ0) is 12.2. The largest absolute Gasteiger partial charge is 0.307 e. The molecule has 1 nitrogen and oxygen atoms in total. The molecule has 1 unspecified atom stereocenters. The summed E-state index contributed by atoms with van der Waals surface area (Å²) in [7, 11) is -1.14. The highest BCUT2D eigenvalue weighted by molar-refractivity contribution is 6.88. The second-order valence-corrected chi connectivity index (χ2v) is 10.4. The van der Waals surface area contributed by atoms with Gasteiger partial charge in [0, 0.05) is 12.6 Å². The minimum Gasteiger partial charge on any atom is -0.307 e. The molecule has 1 aromatic rings. The molecule has 1 N–H and O–H groups in total. The van der Waals surface area contributed by atoms with E-state index in [0.717, 1.165) is 6.54 Å². The Labute approximate surface area is 101 Å². The molecule has 1 rings (SSSR count). The summed E-state index contributed by atoms with van der Waals surface area (Å²) >= 11 is 0. The van der Waals surface area contributed by atoms with Gasteiger partial charge >= 0.3 is 0 Å². The van der Waals surface area contributed by atoms with Crippen molar-refractivity contribution in [2.45, 2.75) is 39.2 Å². The highest BCUT2D eigenvalue weighted by Gasteiger charge is 2.15. The quantitative estimate of drug-likeness (QED) is 0.609. The summed E-state index contributed by atoms with van der Waals surface area (Å²) in [5.74, 6) is 0. The van der Waals surface area contributed by atoms with Crippen LogP contribution in [-0.2, 0) is 6.54 Å². The van der Waals surface area contributed by atoms with Crippen molar-refractivity contribution in [3.63, 3.8) is 0 Å². The number of hydrogen-bond donors (Lipinski definition) is 1. The van der Waals surface area contributed by atoms with E-state index in [1.54, 1.807) is 0 Å². The smallest absolute Gasteiger partial charge is 0.0775 e. The lowest BCUT2D eigenvalue weighted by Gasteiger charge is -2.17. The van der Waals surface area contributed by atoms with Crippen LogP contribution in [0.4, 0.5) is 0 Å². The molecule has 0 radical (unpaired) electrons. The van der Waals surface area contributed by atoms with Crippen molar-refractivity contribution in [2.75, 3.05) is 0 Å². The zero-order valence-corrected chi connectivity index (χ0v) is 11.9. The molecule has 88 valence electrons. The van der Waals surface area contributed by atoms with Gasteiger partial charge in [0.2, 0.25) is 0 Å². The van der Waals surface area contributed by atoms with Crippen LogP contribution in [0.15, 0.2) is 36.9 Å². The lowest BCUT2D eigenvalue weighted by atomic mass is 10.2. The predicted octanol–water partition coefficient (Wildman–Crippen LogP) is 2.90.